The number of hydrogen-bond donors (Lipinski definition) is 2. The molecular formula is C16H20N4O3. The third-order valence-corrected chi connectivity index (χ3v) is 4.22. The summed E-state index contributed by atoms with van der Waals surface area (Å²) in [7, 11) is 2.12. The van der Waals surface area contributed by atoms with Crippen LogP contribution in [0.2, 0.25) is 0 Å². The second-order valence-corrected chi connectivity index (χ2v) is 5.95. The van der Waals surface area contributed by atoms with Crippen LogP contribution in [0.1, 0.15) is 23.2 Å². The summed E-state index contributed by atoms with van der Waals surface area (Å²) in [6, 6.07) is 6.83. The number of aromatic nitrogens is 2. The highest BCUT2D eigenvalue weighted by Gasteiger charge is 2.17. The second kappa shape index (κ2) is 6.78. The molecule has 0 bridgehead atoms. The van der Waals surface area contributed by atoms with E-state index >= 15 is 0 Å². The van der Waals surface area contributed by atoms with Crippen molar-refractivity contribution in [2.24, 2.45) is 5.92 Å². The number of rotatable bonds is 4. The first-order valence-corrected chi connectivity index (χ1v) is 7.74. The van der Waals surface area contributed by atoms with Crippen LogP contribution in [0.15, 0.2) is 33.5 Å². The van der Waals surface area contributed by atoms with Gasteiger partial charge in [-0.25, -0.2) is 9.89 Å². The number of amides is 1. The molecule has 2 aromatic rings. The fourth-order valence-electron chi connectivity index (χ4n) is 2.72. The van der Waals surface area contributed by atoms with Gasteiger partial charge in [0.05, 0.1) is 0 Å². The number of piperidine rings is 1. The van der Waals surface area contributed by atoms with Crippen molar-refractivity contribution in [1.82, 2.24) is 20.4 Å². The molecule has 1 aliphatic rings. The largest absolute Gasteiger partial charge is 0.434 e. The summed E-state index contributed by atoms with van der Waals surface area (Å²) >= 11 is 0. The van der Waals surface area contributed by atoms with Crippen molar-refractivity contribution < 1.29 is 9.21 Å². The molecule has 23 heavy (non-hydrogen) atoms. The summed E-state index contributed by atoms with van der Waals surface area (Å²) in [4.78, 5) is 25.4. The Morgan fingerprint density at radius 1 is 1.35 bits per heavy atom. The molecule has 0 unspecified atom stereocenters. The molecule has 1 aliphatic heterocycles. The molecule has 2 heterocycles. The lowest BCUT2D eigenvalue weighted by Crippen LogP contribution is -2.36. The van der Waals surface area contributed by atoms with Gasteiger partial charge in [-0.3, -0.25) is 4.79 Å². The van der Waals surface area contributed by atoms with Gasteiger partial charge in [0, 0.05) is 17.7 Å². The van der Waals surface area contributed by atoms with E-state index in [0.717, 1.165) is 25.9 Å². The number of carbonyl (C=O) groups is 1. The Morgan fingerprint density at radius 2 is 2.04 bits per heavy atom. The molecule has 1 aromatic heterocycles. The molecule has 0 atom stereocenters. The maximum Gasteiger partial charge on any atom is 0.434 e. The van der Waals surface area contributed by atoms with Crippen LogP contribution in [-0.4, -0.2) is 47.7 Å². The summed E-state index contributed by atoms with van der Waals surface area (Å²) in [5, 5.41) is 8.96. The van der Waals surface area contributed by atoms with Gasteiger partial charge in [0.1, 0.15) is 0 Å². The molecule has 7 heteroatoms. The van der Waals surface area contributed by atoms with Crippen LogP contribution in [0.25, 0.3) is 11.5 Å². The van der Waals surface area contributed by atoms with Crippen LogP contribution in [-0.2, 0) is 0 Å². The van der Waals surface area contributed by atoms with Crippen molar-refractivity contribution in [2.45, 2.75) is 12.8 Å². The zero-order valence-corrected chi connectivity index (χ0v) is 13.0. The van der Waals surface area contributed by atoms with Crippen LogP contribution in [0, 0.1) is 5.92 Å². The predicted molar refractivity (Wildman–Crippen MR) is 85.1 cm³/mol. The number of benzene rings is 1. The van der Waals surface area contributed by atoms with Crippen molar-refractivity contribution in [3.8, 4) is 11.5 Å². The molecule has 1 fully saturated rings. The monoisotopic (exact) mass is 316 g/mol. The molecule has 3 rings (SSSR count). The van der Waals surface area contributed by atoms with Crippen molar-refractivity contribution in [2.75, 3.05) is 26.7 Å². The Balaban J connectivity index is 1.56. The first-order valence-electron chi connectivity index (χ1n) is 7.74. The minimum absolute atomic E-state index is 0.0843. The molecule has 0 aliphatic carbocycles. The van der Waals surface area contributed by atoms with Crippen molar-refractivity contribution in [3.05, 3.63) is 40.4 Å². The number of hydrogen-bond acceptors (Lipinski definition) is 5. The quantitative estimate of drug-likeness (QED) is 0.881. The maximum atomic E-state index is 12.2. The minimum atomic E-state index is -0.597. The highest BCUT2D eigenvalue weighted by Crippen LogP contribution is 2.17. The summed E-state index contributed by atoms with van der Waals surface area (Å²) < 4.78 is 4.88. The Morgan fingerprint density at radius 3 is 2.65 bits per heavy atom. The van der Waals surface area contributed by atoms with Gasteiger partial charge in [0.15, 0.2) is 0 Å². The van der Waals surface area contributed by atoms with Crippen LogP contribution in [0.5, 0.6) is 0 Å². The molecule has 1 aromatic carbocycles. The van der Waals surface area contributed by atoms with E-state index in [0.29, 0.717) is 23.6 Å². The topological polar surface area (TPSA) is 91.2 Å². The number of nitrogens with zero attached hydrogens (tertiary/aromatic N) is 2. The van der Waals surface area contributed by atoms with Gasteiger partial charge in [0.2, 0.25) is 5.89 Å². The van der Waals surface area contributed by atoms with E-state index in [2.05, 4.69) is 27.5 Å². The summed E-state index contributed by atoms with van der Waals surface area (Å²) in [5.74, 6) is 0.0833. The zero-order valence-electron chi connectivity index (χ0n) is 13.0. The molecule has 0 spiro atoms. The number of H-pyrrole nitrogens is 1. The van der Waals surface area contributed by atoms with Crippen LogP contribution in [0.3, 0.4) is 0 Å². The Bertz CT molecular complexity index is 711. The maximum absolute atomic E-state index is 12.2. The highest BCUT2D eigenvalue weighted by atomic mass is 16.4. The molecule has 0 saturated carbocycles. The smallest absolute Gasteiger partial charge is 0.388 e. The summed E-state index contributed by atoms with van der Waals surface area (Å²) in [6.45, 7) is 2.89. The van der Waals surface area contributed by atoms with Gasteiger partial charge in [-0.1, -0.05) is 0 Å². The SMILES string of the molecule is CN1CCC(CNC(=O)c2ccc(-c3n[nH]c(=O)o3)cc2)CC1. The van der Waals surface area contributed by atoms with Gasteiger partial charge >= 0.3 is 5.76 Å². The zero-order chi connectivity index (χ0) is 16.2. The van der Waals surface area contributed by atoms with E-state index in [1.807, 2.05) is 0 Å². The first kappa shape index (κ1) is 15.5. The van der Waals surface area contributed by atoms with Crippen LogP contribution < -0.4 is 11.1 Å². The normalized spacial score (nSPS) is 16.4. The summed E-state index contributed by atoms with van der Waals surface area (Å²) in [5.41, 5.74) is 1.23. The minimum Gasteiger partial charge on any atom is -0.388 e. The van der Waals surface area contributed by atoms with Crippen molar-refractivity contribution in [1.29, 1.82) is 0 Å². The first-order chi connectivity index (χ1) is 11.1. The molecule has 1 saturated heterocycles. The average Bonchev–Trinajstić information content (AvgIpc) is 3.01. The van der Waals surface area contributed by atoms with Gasteiger partial charge in [-0.2, -0.15) is 0 Å². The Labute approximate surface area is 133 Å². The summed E-state index contributed by atoms with van der Waals surface area (Å²) in [6.07, 6.45) is 2.24. The lowest BCUT2D eigenvalue weighted by molar-refractivity contribution is 0.0939. The number of aromatic amines is 1. The standard InChI is InChI=1S/C16H20N4O3/c1-20-8-6-11(7-9-20)10-17-14(21)12-2-4-13(5-3-12)15-18-19-16(22)23-15/h2-5,11H,6-10H2,1H3,(H,17,21)(H,19,22). The molecular weight excluding hydrogens is 296 g/mol. The van der Waals surface area contributed by atoms with E-state index in [4.69, 9.17) is 4.42 Å². The molecule has 2 N–H and O–H groups in total. The Kier molecular flexibility index (Phi) is 4.57. The second-order valence-electron chi connectivity index (χ2n) is 5.95. The predicted octanol–water partition coefficient (Wildman–Crippen LogP) is 1.10. The average molecular weight is 316 g/mol. The van der Waals surface area contributed by atoms with E-state index < -0.39 is 5.76 Å². The van der Waals surface area contributed by atoms with Crippen LogP contribution >= 0.6 is 0 Å². The van der Waals surface area contributed by atoms with E-state index in [9.17, 15) is 9.59 Å². The van der Waals surface area contributed by atoms with Crippen molar-refractivity contribution >= 4 is 5.91 Å². The lowest BCUT2D eigenvalue weighted by Gasteiger charge is -2.28. The van der Waals surface area contributed by atoms with Crippen molar-refractivity contribution in [3.63, 3.8) is 0 Å². The third kappa shape index (κ3) is 3.87. The number of nitrogens with one attached hydrogen (secondary N) is 2. The van der Waals surface area contributed by atoms with E-state index in [1.54, 1.807) is 24.3 Å². The van der Waals surface area contributed by atoms with Gasteiger partial charge in [-0.15, -0.1) is 5.10 Å². The third-order valence-electron chi connectivity index (χ3n) is 4.22. The van der Waals surface area contributed by atoms with Gasteiger partial charge in [0.25, 0.3) is 5.91 Å². The molecule has 1 amide bonds. The fourth-order valence-corrected chi connectivity index (χ4v) is 2.72. The number of carbonyl (C=O) groups excluding carboxylic acids is 1. The van der Waals surface area contributed by atoms with Crippen LogP contribution in [0.4, 0.5) is 0 Å². The Hall–Kier alpha value is -2.41. The van der Waals surface area contributed by atoms with E-state index in [1.165, 1.54) is 0 Å². The van der Waals surface area contributed by atoms with Gasteiger partial charge in [-0.05, 0) is 63.2 Å². The lowest BCUT2D eigenvalue weighted by atomic mass is 9.97. The van der Waals surface area contributed by atoms with E-state index in [-0.39, 0.29) is 11.8 Å². The molecule has 122 valence electrons. The highest BCUT2D eigenvalue weighted by molar-refractivity contribution is 5.94. The fraction of sp³-hybridized carbons (Fsp3) is 0.438. The molecule has 0 radical (unpaired) electrons. The number of likely N-dealkylation sites (tertiary alicyclic amines) is 1. The molecule has 7 nitrogen and oxygen atoms in total. The van der Waals surface area contributed by atoms with Gasteiger partial charge < -0.3 is 14.6 Å².